The lowest BCUT2D eigenvalue weighted by Gasteiger charge is -2.32. The van der Waals surface area contributed by atoms with Crippen molar-refractivity contribution in [3.63, 3.8) is 0 Å². The number of likely N-dealkylation sites (tertiary alicyclic amines) is 2. The number of hydrogen-bond acceptors (Lipinski definition) is 3. The van der Waals surface area contributed by atoms with Gasteiger partial charge in [0.2, 0.25) is 0 Å². The fourth-order valence-corrected chi connectivity index (χ4v) is 4.65. The smallest absolute Gasteiger partial charge is 0.321 e. The van der Waals surface area contributed by atoms with E-state index in [1.165, 1.54) is 5.56 Å². The van der Waals surface area contributed by atoms with Crippen LogP contribution in [0, 0.1) is 0 Å². The lowest BCUT2D eigenvalue weighted by Crippen LogP contribution is -2.40. The molecule has 2 aliphatic heterocycles. The van der Waals surface area contributed by atoms with Crippen LogP contribution in [0.5, 0.6) is 0 Å². The van der Waals surface area contributed by atoms with Gasteiger partial charge in [-0.3, -0.25) is 4.79 Å². The third-order valence-electron chi connectivity index (χ3n) is 6.45. The number of nitrogens with one attached hydrogen (secondary N) is 1. The SMILES string of the molecule is O=C(Nc1ccccc1)N1CCC(c2ccn3ncc(C(=O)N4CCCC4)c3c2)CC1. The Balaban J connectivity index is 1.27. The molecule has 3 aromatic rings. The highest BCUT2D eigenvalue weighted by Crippen LogP contribution is 2.30. The van der Waals surface area contributed by atoms with Crippen LogP contribution in [0.2, 0.25) is 0 Å². The van der Waals surface area contributed by atoms with Crippen LogP contribution in [-0.4, -0.2) is 57.5 Å². The van der Waals surface area contributed by atoms with E-state index >= 15 is 0 Å². The van der Waals surface area contributed by atoms with Gasteiger partial charge in [0.05, 0.1) is 17.3 Å². The number of carbonyl (C=O) groups excluding carboxylic acids is 2. The van der Waals surface area contributed by atoms with E-state index in [2.05, 4.69) is 22.5 Å². The summed E-state index contributed by atoms with van der Waals surface area (Å²) in [5.74, 6) is 0.451. The van der Waals surface area contributed by atoms with E-state index in [-0.39, 0.29) is 11.9 Å². The van der Waals surface area contributed by atoms with Crippen molar-refractivity contribution < 1.29 is 9.59 Å². The summed E-state index contributed by atoms with van der Waals surface area (Å²) in [5, 5.41) is 7.35. The zero-order valence-corrected chi connectivity index (χ0v) is 17.5. The topological polar surface area (TPSA) is 70.0 Å². The van der Waals surface area contributed by atoms with E-state index in [1.54, 1.807) is 10.7 Å². The molecule has 0 aliphatic carbocycles. The zero-order valence-electron chi connectivity index (χ0n) is 17.5. The molecule has 0 bridgehead atoms. The number of pyridine rings is 1. The van der Waals surface area contributed by atoms with E-state index in [4.69, 9.17) is 0 Å². The van der Waals surface area contributed by atoms with Gasteiger partial charge in [0, 0.05) is 38.1 Å². The monoisotopic (exact) mass is 417 g/mol. The number of piperidine rings is 1. The van der Waals surface area contributed by atoms with Gasteiger partial charge in [-0.25, -0.2) is 9.31 Å². The molecule has 1 N–H and O–H groups in total. The normalized spacial score (nSPS) is 17.3. The van der Waals surface area contributed by atoms with Gasteiger partial charge in [0.1, 0.15) is 0 Å². The summed E-state index contributed by atoms with van der Waals surface area (Å²) in [5.41, 5.74) is 3.59. The lowest BCUT2D eigenvalue weighted by atomic mass is 9.89. The van der Waals surface area contributed by atoms with E-state index < -0.39 is 0 Å². The van der Waals surface area contributed by atoms with Gasteiger partial charge in [-0.2, -0.15) is 5.10 Å². The summed E-state index contributed by atoms with van der Waals surface area (Å²) in [6.07, 6.45) is 7.60. The molecule has 5 rings (SSSR count). The van der Waals surface area contributed by atoms with Crippen molar-refractivity contribution in [2.75, 3.05) is 31.5 Å². The minimum atomic E-state index is -0.0469. The molecule has 7 heteroatoms. The van der Waals surface area contributed by atoms with Gasteiger partial charge in [-0.1, -0.05) is 18.2 Å². The molecule has 0 atom stereocenters. The zero-order chi connectivity index (χ0) is 21.2. The minimum Gasteiger partial charge on any atom is -0.339 e. The van der Waals surface area contributed by atoms with E-state index in [0.717, 1.165) is 50.0 Å². The van der Waals surface area contributed by atoms with Crippen LogP contribution in [0.3, 0.4) is 0 Å². The Morgan fingerprint density at radius 1 is 0.935 bits per heavy atom. The van der Waals surface area contributed by atoms with Crippen LogP contribution in [-0.2, 0) is 0 Å². The first-order chi connectivity index (χ1) is 15.2. The molecule has 7 nitrogen and oxygen atoms in total. The van der Waals surface area contributed by atoms with Crippen LogP contribution >= 0.6 is 0 Å². The first-order valence-electron chi connectivity index (χ1n) is 11.1. The third kappa shape index (κ3) is 4.00. The second-order valence-electron chi connectivity index (χ2n) is 8.40. The highest BCUT2D eigenvalue weighted by atomic mass is 16.2. The van der Waals surface area contributed by atoms with Crippen molar-refractivity contribution in [3.8, 4) is 0 Å². The predicted octanol–water partition coefficient (Wildman–Crippen LogP) is 3.98. The van der Waals surface area contributed by atoms with Gasteiger partial charge < -0.3 is 15.1 Å². The molecule has 2 saturated heterocycles. The van der Waals surface area contributed by atoms with Crippen molar-refractivity contribution >= 4 is 23.1 Å². The molecular weight excluding hydrogens is 390 g/mol. The van der Waals surface area contributed by atoms with Crippen molar-refractivity contribution in [1.82, 2.24) is 19.4 Å². The summed E-state index contributed by atoms with van der Waals surface area (Å²) < 4.78 is 1.79. The largest absolute Gasteiger partial charge is 0.339 e. The number of nitrogens with zero attached hydrogens (tertiary/aromatic N) is 4. The summed E-state index contributed by atoms with van der Waals surface area (Å²) >= 11 is 0. The molecule has 2 aromatic heterocycles. The summed E-state index contributed by atoms with van der Waals surface area (Å²) in [6.45, 7) is 3.10. The van der Waals surface area contributed by atoms with Crippen molar-refractivity contribution in [2.45, 2.75) is 31.6 Å². The van der Waals surface area contributed by atoms with Gasteiger partial charge in [0.25, 0.3) is 5.91 Å². The lowest BCUT2D eigenvalue weighted by molar-refractivity contribution is 0.0794. The van der Waals surface area contributed by atoms with Gasteiger partial charge >= 0.3 is 6.03 Å². The molecule has 0 unspecified atom stereocenters. The number of hydrogen-bond donors (Lipinski definition) is 1. The highest BCUT2D eigenvalue weighted by Gasteiger charge is 2.26. The maximum atomic E-state index is 12.9. The second-order valence-corrected chi connectivity index (χ2v) is 8.40. The summed E-state index contributed by atoms with van der Waals surface area (Å²) in [7, 11) is 0. The summed E-state index contributed by atoms with van der Waals surface area (Å²) in [4.78, 5) is 29.3. The standard InChI is InChI=1S/C24H27N5O2/c30-23(27-11-4-5-12-27)21-17-25-29-15-10-19(16-22(21)29)18-8-13-28(14-9-18)24(31)26-20-6-2-1-3-7-20/h1-3,6-7,10,15-18H,4-5,8-9,11-14H2,(H,26,31). The van der Waals surface area contributed by atoms with Gasteiger partial charge in [-0.15, -0.1) is 0 Å². The quantitative estimate of drug-likeness (QED) is 0.701. The Labute approximate surface area is 181 Å². The highest BCUT2D eigenvalue weighted by molar-refractivity contribution is 6.00. The van der Waals surface area contributed by atoms with Crippen LogP contribution in [0.1, 0.15) is 47.5 Å². The number of para-hydroxylation sites is 1. The van der Waals surface area contributed by atoms with E-state index in [9.17, 15) is 9.59 Å². The molecule has 31 heavy (non-hydrogen) atoms. The molecule has 0 radical (unpaired) electrons. The van der Waals surface area contributed by atoms with Crippen LogP contribution in [0.25, 0.3) is 5.52 Å². The van der Waals surface area contributed by atoms with Gasteiger partial charge in [0.15, 0.2) is 0 Å². The molecule has 160 valence electrons. The maximum Gasteiger partial charge on any atom is 0.321 e. The van der Waals surface area contributed by atoms with Crippen LogP contribution < -0.4 is 5.32 Å². The molecule has 3 amide bonds. The molecule has 2 fully saturated rings. The molecule has 0 saturated carbocycles. The average Bonchev–Trinajstić information content (AvgIpc) is 3.49. The Bertz CT molecular complexity index is 1080. The van der Waals surface area contributed by atoms with Crippen LogP contribution in [0.4, 0.5) is 10.5 Å². The van der Waals surface area contributed by atoms with Crippen LogP contribution in [0.15, 0.2) is 54.9 Å². The third-order valence-corrected chi connectivity index (χ3v) is 6.45. The number of benzene rings is 1. The number of fused-ring (bicyclic) bond motifs is 1. The second kappa shape index (κ2) is 8.41. The first kappa shape index (κ1) is 19.6. The van der Waals surface area contributed by atoms with E-state index in [0.29, 0.717) is 24.6 Å². The molecule has 1 aromatic carbocycles. The fourth-order valence-electron chi connectivity index (χ4n) is 4.65. The Morgan fingerprint density at radius 2 is 1.68 bits per heavy atom. The molecule has 4 heterocycles. The van der Waals surface area contributed by atoms with Gasteiger partial charge in [-0.05, 0) is 61.4 Å². The fraction of sp³-hybridized carbons (Fsp3) is 0.375. The molecule has 2 aliphatic rings. The number of amides is 3. The van der Waals surface area contributed by atoms with Crippen molar-refractivity contribution in [2.24, 2.45) is 0 Å². The van der Waals surface area contributed by atoms with Crippen molar-refractivity contribution in [3.05, 3.63) is 66.0 Å². The number of rotatable bonds is 3. The number of aromatic nitrogens is 2. The molecule has 0 spiro atoms. The Hall–Kier alpha value is -3.35. The number of urea groups is 1. The van der Waals surface area contributed by atoms with Crippen molar-refractivity contribution in [1.29, 1.82) is 0 Å². The Kier molecular flexibility index (Phi) is 5.32. The number of carbonyl (C=O) groups is 2. The predicted molar refractivity (Wildman–Crippen MR) is 119 cm³/mol. The first-order valence-corrected chi connectivity index (χ1v) is 11.1. The van der Waals surface area contributed by atoms with E-state index in [1.807, 2.05) is 46.3 Å². The molecular formula is C24H27N5O2. The Morgan fingerprint density at radius 3 is 2.42 bits per heavy atom. The average molecular weight is 418 g/mol. The maximum absolute atomic E-state index is 12.9. The number of anilines is 1. The summed E-state index contributed by atoms with van der Waals surface area (Å²) in [6, 6.07) is 13.7. The minimum absolute atomic E-state index is 0.0469.